The zero-order valence-electron chi connectivity index (χ0n) is 15.2. The molecule has 1 aliphatic rings. The highest BCUT2D eigenvalue weighted by Crippen LogP contribution is 2.19. The van der Waals surface area contributed by atoms with Gasteiger partial charge in [0.1, 0.15) is 5.69 Å². The van der Waals surface area contributed by atoms with E-state index in [0.717, 1.165) is 24.9 Å². The van der Waals surface area contributed by atoms with Gasteiger partial charge in [0.25, 0.3) is 5.91 Å². The molecule has 2 amide bonds. The molecule has 2 aromatic rings. The molecule has 0 aliphatic carbocycles. The predicted molar refractivity (Wildman–Crippen MR) is 96.3 cm³/mol. The maximum Gasteiger partial charge on any atom is 0.270 e. The van der Waals surface area contributed by atoms with E-state index in [1.807, 2.05) is 27.5 Å². The summed E-state index contributed by atoms with van der Waals surface area (Å²) in [5.41, 5.74) is 1.47. The van der Waals surface area contributed by atoms with Crippen molar-refractivity contribution in [3.05, 3.63) is 36.4 Å². The van der Waals surface area contributed by atoms with Gasteiger partial charge in [-0.2, -0.15) is 0 Å². The molecule has 6 nitrogen and oxygen atoms in total. The first kappa shape index (κ1) is 17.5. The Bertz CT molecular complexity index is 775. The molecule has 1 fully saturated rings. The Kier molecular flexibility index (Phi) is 4.79. The zero-order chi connectivity index (χ0) is 18.0. The van der Waals surface area contributed by atoms with E-state index in [-0.39, 0.29) is 23.3 Å². The second-order valence-corrected chi connectivity index (χ2v) is 7.99. The fourth-order valence-corrected chi connectivity index (χ4v) is 3.32. The molecule has 0 bridgehead atoms. The number of carbonyl (C=O) groups is 2. The molecule has 0 spiro atoms. The molecule has 1 N–H and O–H groups in total. The molecule has 3 heterocycles. The van der Waals surface area contributed by atoms with E-state index in [2.05, 4.69) is 31.1 Å². The second-order valence-electron chi connectivity index (χ2n) is 7.99. The second kappa shape index (κ2) is 6.86. The van der Waals surface area contributed by atoms with Crippen LogP contribution in [0.25, 0.3) is 5.52 Å². The largest absolute Gasteiger partial charge is 0.352 e. The number of aromatic nitrogens is 2. The van der Waals surface area contributed by atoms with Crippen molar-refractivity contribution in [1.82, 2.24) is 19.6 Å². The van der Waals surface area contributed by atoms with Crippen molar-refractivity contribution in [1.29, 1.82) is 0 Å². The van der Waals surface area contributed by atoms with E-state index in [9.17, 15) is 9.59 Å². The van der Waals surface area contributed by atoms with Gasteiger partial charge in [0.2, 0.25) is 5.91 Å². The minimum absolute atomic E-state index is 0.0154. The molecule has 1 atom stereocenters. The van der Waals surface area contributed by atoms with Crippen LogP contribution in [0.3, 0.4) is 0 Å². The lowest BCUT2D eigenvalue weighted by molar-refractivity contribution is -0.123. The summed E-state index contributed by atoms with van der Waals surface area (Å²) >= 11 is 0. The third-order valence-corrected chi connectivity index (χ3v) is 4.43. The van der Waals surface area contributed by atoms with Crippen LogP contribution >= 0.6 is 0 Å². The summed E-state index contributed by atoms with van der Waals surface area (Å²) < 4.78 is 1.81. The number of pyridine rings is 1. The van der Waals surface area contributed by atoms with Crippen molar-refractivity contribution in [3.8, 4) is 0 Å². The molecule has 0 radical (unpaired) electrons. The first-order valence-electron chi connectivity index (χ1n) is 8.83. The van der Waals surface area contributed by atoms with Gasteiger partial charge < -0.3 is 10.2 Å². The average Bonchev–Trinajstić information content (AvgIpc) is 3.01. The van der Waals surface area contributed by atoms with Crippen molar-refractivity contribution in [2.24, 2.45) is 5.41 Å². The highest BCUT2D eigenvalue weighted by Gasteiger charge is 2.27. The fraction of sp³-hybridized carbons (Fsp3) is 0.526. The maximum atomic E-state index is 12.9. The van der Waals surface area contributed by atoms with E-state index in [1.54, 1.807) is 12.5 Å². The van der Waals surface area contributed by atoms with Crippen LogP contribution in [0.4, 0.5) is 0 Å². The average molecular weight is 342 g/mol. The van der Waals surface area contributed by atoms with E-state index in [1.165, 1.54) is 0 Å². The minimum Gasteiger partial charge on any atom is -0.352 e. The SMILES string of the molecule is CC(C)(C)CC(=O)NC1CCCN(C(=O)c2cccc3cncn23)C1. The Morgan fingerprint density at radius 1 is 1.32 bits per heavy atom. The van der Waals surface area contributed by atoms with Gasteiger partial charge in [-0.15, -0.1) is 0 Å². The minimum atomic E-state index is -0.0364. The number of likely N-dealkylation sites (tertiary alicyclic amines) is 1. The van der Waals surface area contributed by atoms with Gasteiger partial charge >= 0.3 is 0 Å². The molecule has 0 saturated carbocycles. The summed E-state index contributed by atoms with van der Waals surface area (Å²) in [4.78, 5) is 31.1. The van der Waals surface area contributed by atoms with Crippen molar-refractivity contribution in [2.45, 2.75) is 46.1 Å². The number of nitrogens with one attached hydrogen (secondary N) is 1. The van der Waals surface area contributed by atoms with Crippen LogP contribution in [-0.2, 0) is 4.79 Å². The molecule has 1 aliphatic heterocycles. The molecular formula is C19H26N4O2. The number of imidazole rings is 1. The molecular weight excluding hydrogens is 316 g/mol. The number of amides is 2. The Morgan fingerprint density at radius 2 is 2.12 bits per heavy atom. The molecule has 6 heteroatoms. The smallest absolute Gasteiger partial charge is 0.270 e. The monoisotopic (exact) mass is 342 g/mol. The number of piperidine rings is 1. The molecule has 3 rings (SSSR count). The number of hydrogen-bond acceptors (Lipinski definition) is 3. The molecule has 25 heavy (non-hydrogen) atoms. The van der Waals surface area contributed by atoms with Gasteiger partial charge in [-0.05, 0) is 30.4 Å². The van der Waals surface area contributed by atoms with Crippen LogP contribution in [0.1, 0.15) is 50.5 Å². The van der Waals surface area contributed by atoms with Crippen LogP contribution in [0, 0.1) is 5.41 Å². The van der Waals surface area contributed by atoms with Gasteiger partial charge in [0.05, 0.1) is 18.0 Å². The van der Waals surface area contributed by atoms with Crippen LogP contribution in [0.2, 0.25) is 0 Å². The van der Waals surface area contributed by atoms with E-state index in [4.69, 9.17) is 0 Å². The third kappa shape index (κ3) is 4.18. The van der Waals surface area contributed by atoms with Crippen molar-refractivity contribution in [3.63, 3.8) is 0 Å². The van der Waals surface area contributed by atoms with Crippen LogP contribution < -0.4 is 5.32 Å². The topological polar surface area (TPSA) is 66.7 Å². The lowest BCUT2D eigenvalue weighted by atomic mass is 9.91. The Hall–Kier alpha value is -2.37. The van der Waals surface area contributed by atoms with Crippen molar-refractivity contribution >= 4 is 17.3 Å². The number of rotatable bonds is 3. The number of hydrogen-bond donors (Lipinski definition) is 1. The van der Waals surface area contributed by atoms with E-state index in [0.29, 0.717) is 18.7 Å². The maximum absolute atomic E-state index is 12.9. The summed E-state index contributed by atoms with van der Waals surface area (Å²) in [6.45, 7) is 7.43. The Balaban J connectivity index is 1.68. The lowest BCUT2D eigenvalue weighted by Crippen LogP contribution is -2.50. The lowest BCUT2D eigenvalue weighted by Gasteiger charge is -2.33. The Morgan fingerprint density at radius 3 is 2.88 bits per heavy atom. The van der Waals surface area contributed by atoms with E-state index >= 15 is 0 Å². The number of fused-ring (bicyclic) bond motifs is 1. The molecule has 1 saturated heterocycles. The molecule has 1 unspecified atom stereocenters. The highest BCUT2D eigenvalue weighted by molar-refractivity contribution is 5.93. The van der Waals surface area contributed by atoms with Gasteiger partial charge in [0.15, 0.2) is 0 Å². The highest BCUT2D eigenvalue weighted by atomic mass is 16.2. The van der Waals surface area contributed by atoms with Gasteiger partial charge in [-0.1, -0.05) is 26.8 Å². The van der Waals surface area contributed by atoms with Crippen molar-refractivity contribution in [2.75, 3.05) is 13.1 Å². The van der Waals surface area contributed by atoms with Gasteiger partial charge in [0, 0.05) is 25.6 Å². The first-order valence-corrected chi connectivity index (χ1v) is 8.83. The normalized spacial score (nSPS) is 18.4. The quantitative estimate of drug-likeness (QED) is 0.932. The summed E-state index contributed by atoms with van der Waals surface area (Å²) in [6, 6.07) is 5.64. The summed E-state index contributed by atoms with van der Waals surface area (Å²) in [5, 5.41) is 3.09. The molecule has 2 aromatic heterocycles. The molecule has 0 aromatic carbocycles. The van der Waals surface area contributed by atoms with Crippen LogP contribution in [-0.4, -0.2) is 45.2 Å². The standard InChI is InChI=1S/C19H26N4O2/c1-19(2,3)10-17(24)21-14-6-5-9-22(12-14)18(25)16-8-4-7-15-11-20-13-23(15)16/h4,7-8,11,13-14H,5-6,9-10,12H2,1-3H3,(H,21,24). The predicted octanol–water partition coefficient (Wildman–Crippen LogP) is 2.49. The van der Waals surface area contributed by atoms with Crippen LogP contribution in [0.15, 0.2) is 30.7 Å². The summed E-state index contributed by atoms with van der Waals surface area (Å²) in [7, 11) is 0. The van der Waals surface area contributed by atoms with Crippen molar-refractivity contribution < 1.29 is 9.59 Å². The van der Waals surface area contributed by atoms with E-state index < -0.39 is 0 Å². The van der Waals surface area contributed by atoms with Gasteiger partial charge in [-0.25, -0.2) is 4.98 Å². The summed E-state index contributed by atoms with van der Waals surface area (Å²) in [6.07, 6.45) is 5.70. The Labute approximate surface area is 148 Å². The third-order valence-electron chi connectivity index (χ3n) is 4.43. The summed E-state index contributed by atoms with van der Waals surface area (Å²) in [5.74, 6) is 0.0434. The molecule has 134 valence electrons. The fourth-order valence-electron chi connectivity index (χ4n) is 3.32. The first-order chi connectivity index (χ1) is 11.8. The van der Waals surface area contributed by atoms with Crippen LogP contribution in [0.5, 0.6) is 0 Å². The van der Waals surface area contributed by atoms with Gasteiger partial charge in [-0.3, -0.25) is 14.0 Å². The number of carbonyl (C=O) groups excluding carboxylic acids is 2. The zero-order valence-corrected chi connectivity index (χ0v) is 15.2. The number of nitrogens with zero attached hydrogens (tertiary/aromatic N) is 3.